The quantitative estimate of drug-likeness (QED) is 0.141. The number of phenols is 1. The summed E-state index contributed by atoms with van der Waals surface area (Å²) in [5, 5.41) is 22.5. The number of nitrogens with zero attached hydrogens (tertiary/aromatic N) is 3. The second-order valence-electron chi connectivity index (χ2n) is 10.0. The van der Waals surface area contributed by atoms with Crippen molar-refractivity contribution in [2.24, 2.45) is 4.99 Å². The number of fused-ring (bicyclic) bond motifs is 1. The number of benzene rings is 3. The number of hydrogen-bond donors (Lipinski definition) is 1. The Labute approximate surface area is 267 Å². The standard InChI is InChI=1S/C33H31N3O9S/c1-5-43-25-14-21(12-13-24(25)37)15-28-31(38)35-19(3)29(32(39)44-6-2)30(34-33(35)46-28)22-16-26(42-4)27(17-23(22)36(40)41)45-18-20-10-8-7-9-11-20/h7-17,30,37H,5-6,18H2,1-4H3/b28-15-/t30-/m0/s1. The fraction of sp³-hybridized carbons (Fsp3) is 0.242. The van der Waals surface area contributed by atoms with Gasteiger partial charge in [-0.25, -0.2) is 9.79 Å². The molecule has 0 saturated heterocycles. The number of thiazole rings is 1. The van der Waals surface area contributed by atoms with Crippen molar-refractivity contribution < 1.29 is 33.8 Å². The number of aromatic hydroxyl groups is 1. The topological polar surface area (TPSA) is 152 Å². The maximum absolute atomic E-state index is 13.7. The highest BCUT2D eigenvalue weighted by Gasteiger charge is 2.36. The Hall–Kier alpha value is -5.43. The maximum atomic E-state index is 13.7. The molecule has 12 nitrogen and oxygen atoms in total. The number of carbonyl (C=O) groups is 1. The van der Waals surface area contributed by atoms with E-state index in [4.69, 9.17) is 23.9 Å². The van der Waals surface area contributed by atoms with Crippen molar-refractivity contribution in [3.63, 3.8) is 0 Å². The Morgan fingerprint density at radius 1 is 1.07 bits per heavy atom. The predicted octanol–water partition coefficient (Wildman–Crippen LogP) is 4.51. The first-order chi connectivity index (χ1) is 22.2. The minimum absolute atomic E-state index is 0.0211. The zero-order valence-electron chi connectivity index (χ0n) is 25.5. The smallest absolute Gasteiger partial charge is 0.338 e. The normalized spacial score (nSPS) is 14.3. The third kappa shape index (κ3) is 6.35. The summed E-state index contributed by atoms with van der Waals surface area (Å²) >= 11 is 1.06. The van der Waals surface area contributed by atoms with Crippen LogP contribution in [0.15, 0.2) is 76.0 Å². The molecule has 0 unspecified atom stereocenters. The fourth-order valence-electron chi connectivity index (χ4n) is 5.03. The molecule has 238 valence electrons. The molecule has 2 heterocycles. The number of nitro benzene ring substituents is 1. The van der Waals surface area contributed by atoms with Crippen LogP contribution in [0.1, 0.15) is 43.5 Å². The van der Waals surface area contributed by atoms with Crippen LogP contribution < -0.4 is 29.1 Å². The molecule has 1 N–H and O–H groups in total. The number of aromatic nitrogens is 1. The van der Waals surface area contributed by atoms with Gasteiger partial charge in [0.15, 0.2) is 27.8 Å². The van der Waals surface area contributed by atoms with E-state index in [1.165, 1.54) is 29.9 Å². The lowest BCUT2D eigenvalue weighted by molar-refractivity contribution is -0.385. The summed E-state index contributed by atoms with van der Waals surface area (Å²) in [6.07, 6.45) is 1.62. The van der Waals surface area contributed by atoms with E-state index >= 15 is 0 Å². The molecule has 1 atom stereocenters. The van der Waals surface area contributed by atoms with Crippen molar-refractivity contribution >= 4 is 34.8 Å². The first-order valence-electron chi connectivity index (χ1n) is 14.3. The van der Waals surface area contributed by atoms with Crippen LogP contribution in [-0.4, -0.2) is 40.9 Å². The van der Waals surface area contributed by atoms with Crippen LogP contribution in [-0.2, 0) is 16.1 Å². The molecule has 1 aliphatic rings. The number of nitro groups is 1. The SMILES string of the molecule is CCOC(=O)C1=C(C)n2c(s/c(=C\c3ccc(O)c(OCC)c3)c2=O)=N[C@H]1c1cc(OC)c(OCc2ccccc2)cc1[N+](=O)[O-]. The van der Waals surface area contributed by atoms with E-state index in [0.29, 0.717) is 12.2 Å². The van der Waals surface area contributed by atoms with Crippen LogP contribution in [0.25, 0.3) is 11.8 Å². The van der Waals surface area contributed by atoms with Crippen molar-refractivity contribution in [2.75, 3.05) is 20.3 Å². The van der Waals surface area contributed by atoms with Crippen molar-refractivity contribution in [3.05, 3.63) is 113 Å². The van der Waals surface area contributed by atoms with Crippen molar-refractivity contribution in [3.8, 4) is 23.0 Å². The molecular formula is C33H31N3O9S. The zero-order chi connectivity index (χ0) is 33.0. The Morgan fingerprint density at radius 2 is 1.83 bits per heavy atom. The molecule has 5 rings (SSSR count). The van der Waals surface area contributed by atoms with E-state index in [1.807, 2.05) is 30.3 Å². The van der Waals surface area contributed by atoms with Crippen LogP contribution in [0.4, 0.5) is 5.69 Å². The van der Waals surface area contributed by atoms with Gasteiger partial charge in [-0.15, -0.1) is 0 Å². The van der Waals surface area contributed by atoms with Crippen LogP contribution in [0.3, 0.4) is 0 Å². The number of rotatable bonds is 11. The first kappa shape index (κ1) is 32.0. The van der Waals surface area contributed by atoms with Gasteiger partial charge in [0.05, 0.1) is 47.0 Å². The molecule has 0 saturated carbocycles. The number of methoxy groups -OCH3 is 1. The average Bonchev–Trinajstić information content (AvgIpc) is 3.36. The lowest BCUT2D eigenvalue weighted by Gasteiger charge is -2.23. The predicted molar refractivity (Wildman–Crippen MR) is 171 cm³/mol. The van der Waals surface area contributed by atoms with Gasteiger partial charge in [-0.05, 0) is 56.2 Å². The third-order valence-corrected chi connectivity index (χ3v) is 8.15. The van der Waals surface area contributed by atoms with Gasteiger partial charge in [0, 0.05) is 5.70 Å². The second kappa shape index (κ2) is 13.7. The van der Waals surface area contributed by atoms with Crippen LogP contribution >= 0.6 is 11.3 Å². The third-order valence-electron chi connectivity index (χ3n) is 7.16. The lowest BCUT2D eigenvalue weighted by Crippen LogP contribution is -2.35. The van der Waals surface area contributed by atoms with Crippen LogP contribution in [0, 0.1) is 10.1 Å². The number of allylic oxidation sites excluding steroid dienone is 1. The molecule has 0 fully saturated rings. The summed E-state index contributed by atoms with van der Waals surface area (Å²) in [4.78, 5) is 43.8. The number of hydrogen-bond acceptors (Lipinski definition) is 11. The summed E-state index contributed by atoms with van der Waals surface area (Å²) in [6, 6.07) is 15.5. The van der Waals surface area contributed by atoms with Gasteiger partial charge in [-0.1, -0.05) is 47.7 Å². The largest absolute Gasteiger partial charge is 0.504 e. The van der Waals surface area contributed by atoms with Crippen LogP contribution in [0.5, 0.6) is 23.0 Å². The average molecular weight is 646 g/mol. The van der Waals surface area contributed by atoms with Crippen molar-refractivity contribution in [1.29, 1.82) is 0 Å². The van der Waals surface area contributed by atoms with Crippen molar-refractivity contribution in [1.82, 2.24) is 4.57 Å². The van der Waals surface area contributed by atoms with E-state index in [1.54, 1.807) is 39.0 Å². The molecule has 1 aliphatic heterocycles. The van der Waals surface area contributed by atoms with Gasteiger partial charge in [0.2, 0.25) is 0 Å². The molecule has 0 aliphatic carbocycles. The molecule has 4 aromatic rings. The summed E-state index contributed by atoms with van der Waals surface area (Å²) in [5.41, 5.74) is 0.927. The highest BCUT2D eigenvalue weighted by molar-refractivity contribution is 7.07. The second-order valence-corrected chi connectivity index (χ2v) is 11.0. The summed E-state index contributed by atoms with van der Waals surface area (Å²) in [7, 11) is 1.41. The van der Waals surface area contributed by atoms with E-state index < -0.39 is 22.5 Å². The fourth-order valence-corrected chi connectivity index (χ4v) is 6.07. The van der Waals surface area contributed by atoms with Gasteiger partial charge < -0.3 is 24.1 Å². The highest BCUT2D eigenvalue weighted by atomic mass is 32.1. The maximum Gasteiger partial charge on any atom is 0.338 e. The molecule has 1 aromatic heterocycles. The minimum Gasteiger partial charge on any atom is -0.504 e. The van der Waals surface area contributed by atoms with E-state index in [2.05, 4.69) is 0 Å². The number of esters is 1. The highest BCUT2D eigenvalue weighted by Crippen LogP contribution is 2.43. The van der Waals surface area contributed by atoms with Crippen molar-refractivity contribution in [2.45, 2.75) is 33.4 Å². The lowest BCUT2D eigenvalue weighted by atomic mass is 9.94. The number of carbonyl (C=O) groups excluding carboxylic acids is 1. The Morgan fingerprint density at radius 3 is 2.50 bits per heavy atom. The van der Waals surface area contributed by atoms with Gasteiger partial charge in [0.25, 0.3) is 11.2 Å². The molecule has 0 amide bonds. The van der Waals surface area contributed by atoms with E-state index in [9.17, 15) is 24.8 Å². The molecule has 0 bridgehead atoms. The van der Waals surface area contributed by atoms with Crippen LogP contribution in [0.2, 0.25) is 0 Å². The molecular weight excluding hydrogens is 614 g/mol. The monoisotopic (exact) mass is 645 g/mol. The van der Waals surface area contributed by atoms with Gasteiger partial charge in [-0.3, -0.25) is 19.5 Å². The minimum atomic E-state index is -1.19. The molecule has 0 radical (unpaired) electrons. The van der Waals surface area contributed by atoms with E-state index in [-0.39, 0.29) is 68.1 Å². The Bertz CT molecular complexity index is 2020. The molecule has 13 heteroatoms. The summed E-state index contributed by atoms with van der Waals surface area (Å²) in [6.45, 7) is 5.51. The Balaban J connectivity index is 1.68. The Kier molecular flexibility index (Phi) is 9.52. The summed E-state index contributed by atoms with van der Waals surface area (Å²) in [5.74, 6) is -0.194. The summed E-state index contributed by atoms with van der Waals surface area (Å²) < 4.78 is 23.8. The van der Waals surface area contributed by atoms with E-state index in [0.717, 1.165) is 16.9 Å². The first-order valence-corrected chi connectivity index (χ1v) is 15.2. The zero-order valence-corrected chi connectivity index (χ0v) is 26.3. The van der Waals surface area contributed by atoms with Gasteiger partial charge in [-0.2, -0.15) is 0 Å². The molecule has 3 aromatic carbocycles. The molecule has 0 spiro atoms. The van der Waals surface area contributed by atoms with Gasteiger partial charge in [0.1, 0.15) is 12.6 Å². The van der Waals surface area contributed by atoms with Gasteiger partial charge >= 0.3 is 5.97 Å². The number of phenolic OH excluding ortho intramolecular Hbond substituents is 1. The number of ether oxygens (including phenoxy) is 4. The molecule has 46 heavy (non-hydrogen) atoms.